The maximum absolute atomic E-state index is 12.3. The lowest BCUT2D eigenvalue weighted by Gasteiger charge is -2.28. The number of hydrogen-bond donors (Lipinski definition) is 1. The minimum atomic E-state index is -0.369. The van der Waals surface area contributed by atoms with Gasteiger partial charge in [0.1, 0.15) is 18.2 Å². The summed E-state index contributed by atoms with van der Waals surface area (Å²) in [6, 6.07) is 1.96. The van der Waals surface area contributed by atoms with Gasteiger partial charge in [-0.3, -0.25) is 9.59 Å². The highest BCUT2D eigenvalue weighted by Gasteiger charge is 2.30. The van der Waals surface area contributed by atoms with Crippen LogP contribution in [0.2, 0.25) is 0 Å². The number of nitrogens with one attached hydrogen (secondary N) is 1. The first kappa shape index (κ1) is 16.5. The van der Waals surface area contributed by atoms with Crippen LogP contribution < -0.4 is 10.5 Å². The highest BCUT2D eigenvalue weighted by atomic mass is 32.2. The van der Waals surface area contributed by atoms with Crippen molar-refractivity contribution in [2.75, 3.05) is 26.0 Å². The van der Waals surface area contributed by atoms with Crippen molar-refractivity contribution in [3.05, 3.63) is 27.2 Å². The van der Waals surface area contributed by atoms with Crippen LogP contribution in [0.15, 0.2) is 4.79 Å². The number of carbonyl (C=O) groups excluding carboxylic acids is 1. The predicted molar refractivity (Wildman–Crippen MR) is 81.6 cm³/mol. The molecule has 0 bridgehead atoms. The number of hydrogen-bond acceptors (Lipinski definition) is 6. The number of aryl methyl sites for hydroxylation is 1. The van der Waals surface area contributed by atoms with E-state index in [1.807, 2.05) is 6.07 Å². The van der Waals surface area contributed by atoms with E-state index in [0.29, 0.717) is 24.5 Å². The van der Waals surface area contributed by atoms with Crippen LogP contribution in [0.4, 0.5) is 0 Å². The number of nitrogens with zero attached hydrogens (tertiary/aromatic N) is 3. The van der Waals surface area contributed by atoms with E-state index in [9.17, 15) is 9.59 Å². The van der Waals surface area contributed by atoms with Crippen molar-refractivity contribution in [1.82, 2.24) is 9.78 Å². The molecule has 0 amide bonds. The van der Waals surface area contributed by atoms with Crippen molar-refractivity contribution < 1.29 is 14.4 Å². The van der Waals surface area contributed by atoms with E-state index >= 15 is 0 Å². The lowest BCUT2D eigenvalue weighted by Crippen LogP contribution is -3.14. The molecule has 1 unspecified atom stereocenters. The zero-order valence-corrected chi connectivity index (χ0v) is 13.7. The molecule has 118 valence electrons. The molecule has 1 N–H and O–H groups in total. The van der Waals surface area contributed by atoms with Crippen molar-refractivity contribution >= 4 is 17.7 Å². The minimum Gasteiger partial charge on any atom is -0.468 e. The predicted octanol–water partition coefficient (Wildman–Crippen LogP) is -1.14. The summed E-state index contributed by atoms with van der Waals surface area (Å²) in [5.41, 5.74) is 1.07. The second-order valence-electron chi connectivity index (χ2n) is 5.25. The highest BCUT2D eigenvalue weighted by molar-refractivity contribution is 8.00. The molecular weight excluding hydrogens is 304 g/mol. The molecule has 0 saturated carbocycles. The van der Waals surface area contributed by atoms with Gasteiger partial charge >= 0.3 is 5.97 Å². The molecule has 22 heavy (non-hydrogen) atoms. The molecule has 2 heterocycles. The smallest absolute Gasteiger partial charge is 0.324 e. The zero-order valence-electron chi connectivity index (χ0n) is 12.9. The van der Waals surface area contributed by atoms with Crippen LogP contribution in [0.5, 0.6) is 0 Å². The summed E-state index contributed by atoms with van der Waals surface area (Å²) in [6.45, 7) is 5.28. The van der Waals surface area contributed by atoms with Gasteiger partial charge in [0.15, 0.2) is 11.9 Å². The summed E-state index contributed by atoms with van der Waals surface area (Å²) < 4.78 is 6.12. The highest BCUT2D eigenvalue weighted by Crippen LogP contribution is 2.12. The van der Waals surface area contributed by atoms with Crippen molar-refractivity contribution in [2.45, 2.75) is 25.8 Å². The van der Waals surface area contributed by atoms with Crippen molar-refractivity contribution in [3.63, 3.8) is 0 Å². The molecule has 2 atom stereocenters. The Morgan fingerprint density at radius 1 is 1.59 bits per heavy atom. The van der Waals surface area contributed by atoms with Crippen LogP contribution in [0.3, 0.4) is 0 Å². The number of thioether (sulfide) groups is 1. The molecule has 1 aliphatic heterocycles. The molecule has 0 aromatic carbocycles. The van der Waals surface area contributed by atoms with Crippen molar-refractivity contribution in [1.29, 1.82) is 5.26 Å². The normalized spacial score (nSPS) is 21.2. The van der Waals surface area contributed by atoms with E-state index in [4.69, 9.17) is 10.00 Å². The topological polar surface area (TPSA) is 89.4 Å². The summed E-state index contributed by atoms with van der Waals surface area (Å²) in [6.07, 6.45) is 0. The fourth-order valence-corrected chi connectivity index (χ4v) is 3.69. The van der Waals surface area contributed by atoms with E-state index < -0.39 is 0 Å². The van der Waals surface area contributed by atoms with Gasteiger partial charge in [0.25, 0.3) is 5.56 Å². The fraction of sp³-hybridized carbons (Fsp3) is 0.571. The van der Waals surface area contributed by atoms with E-state index in [-0.39, 0.29) is 22.3 Å². The molecule has 8 heteroatoms. The fourth-order valence-electron chi connectivity index (χ4n) is 2.42. The van der Waals surface area contributed by atoms with Crippen LogP contribution in [0.25, 0.3) is 0 Å². The first-order chi connectivity index (χ1) is 10.5. The molecular formula is C14H19N4O3S+. The van der Waals surface area contributed by atoms with Crippen molar-refractivity contribution in [2.24, 2.45) is 0 Å². The molecule has 7 nitrogen and oxygen atoms in total. The maximum atomic E-state index is 12.3. The van der Waals surface area contributed by atoms with Gasteiger partial charge in [0.2, 0.25) is 0 Å². The van der Waals surface area contributed by atoms with Gasteiger partial charge in [-0.2, -0.15) is 15.0 Å². The Morgan fingerprint density at radius 2 is 2.32 bits per heavy atom. The van der Waals surface area contributed by atoms with Crippen LogP contribution in [0.1, 0.15) is 16.8 Å². The Kier molecular flexibility index (Phi) is 5.21. The van der Waals surface area contributed by atoms with Crippen molar-refractivity contribution in [3.8, 4) is 6.07 Å². The third-order valence-electron chi connectivity index (χ3n) is 3.83. The Labute approximate surface area is 132 Å². The van der Waals surface area contributed by atoms with Gasteiger partial charge in [0, 0.05) is 5.75 Å². The summed E-state index contributed by atoms with van der Waals surface area (Å²) in [7, 11) is 1.38. The SMILES string of the molecule is COC(=O)[C@H]1C[NH+](Cn2nc(C)c(C)c(C#N)c2=O)CCS1. The third-order valence-corrected chi connectivity index (χ3v) is 5.04. The average molecular weight is 323 g/mol. The van der Waals surface area contributed by atoms with E-state index in [1.54, 1.807) is 25.6 Å². The van der Waals surface area contributed by atoms with E-state index in [2.05, 4.69) is 5.10 Å². The van der Waals surface area contributed by atoms with Crippen LogP contribution in [-0.4, -0.2) is 47.0 Å². The molecule has 1 fully saturated rings. The van der Waals surface area contributed by atoms with Crippen LogP contribution in [-0.2, 0) is 16.2 Å². The minimum absolute atomic E-state index is 0.141. The van der Waals surface area contributed by atoms with Crippen LogP contribution >= 0.6 is 11.8 Å². The van der Waals surface area contributed by atoms with Gasteiger partial charge in [-0.1, -0.05) is 0 Å². The Hall–Kier alpha value is -1.85. The van der Waals surface area contributed by atoms with Gasteiger partial charge in [-0.05, 0) is 19.4 Å². The summed E-state index contributed by atoms with van der Waals surface area (Å²) in [5, 5.41) is 13.2. The molecule has 1 saturated heterocycles. The molecule has 0 spiro atoms. The van der Waals surface area contributed by atoms with Gasteiger partial charge < -0.3 is 9.64 Å². The van der Waals surface area contributed by atoms with Gasteiger partial charge in [-0.25, -0.2) is 0 Å². The standard InChI is InChI=1S/C14H18N4O3S/c1-9-10(2)16-18(13(19)11(9)6-15)8-17-4-5-22-12(7-17)14(20)21-3/h12H,4-5,7-8H2,1-3H3/p+1/t12-/m1/s1. The number of aromatic nitrogens is 2. The second-order valence-corrected chi connectivity index (χ2v) is 6.56. The zero-order chi connectivity index (χ0) is 16.3. The number of esters is 1. The Bertz CT molecular complexity index is 680. The third kappa shape index (κ3) is 3.31. The largest absolute Gasteiger partial charge is 0.468 e. The monoisotopic (exact) mass is 323 g/mol. The summed E-state index contributed by atoms with van der Waals surface area (Å²) in [5.74, 6) is 0.583. The molecule has 1 aromatic rings. The number of carbonyl (C=O) groups is 1. The first-order valence-electron chi connectivity index (χ1n) is 6.99. The number of rotatable bonds is 3. The molecule has 1 aromatic heterocycles. The quantitative estimate of drug-likeness (QED) is 0.708. The lowest BCUT2D eigenvalue weighted by molar-refractivity contribution is -0.921. The number of nitriles is 1. The molecule has 2 rings (SSSR count). The van der Waals surface area contributed by atoms with Gasteiger partial charge in [0.05, 0.1) is 19.3 Å². The number of quaternary nitrogens is 1. The molecule has 1 aliphatic rings. The lowest BCUT2D eigenvalue weighted by atomic mass is 10.1. The van der Waals surface area contributed by atoms with Gasteiger partial charge in [-0.15, -0.1) is 11.8 Å². The average Bonchev–Trinajstić information content (AvgIpc) is 2.52. The van der Waals surface area contributed by atoms with Crippen LogP contribution in [0, 0.1) is 25.2 Å². The number of methoxy groups -OCH3 is 1. The van der Waals surface area contributed by atoms with E-state index in [1.165, 1.54) is 11.8 Å². The summed E-state index contributed by atoms with van der Waals surface area (Å²) in [4.78, 5) is 25.0. The van der Waals surface area contributed by atoms with E-state index in [0.717, 1.165) is 17.2 Å². The second kappa shape index (κ2) is 6.94. The molecule has 0 aliphatic carbocycles. The molecule has 0 radical (unpaired) electrons. The number of ether oxygens (including phenoxy) is 1. The Balaban J connectivity index is 2.21. The Morgan fingerprint density at radius 3 is 2.95 bits per heavy atom. The first-order valence-corrected chi connectivity index (χ1v) is 8.04. The maximum Gasteiger partial charge on any atom is 0.324 e. The summed E-state index contributed by atoms with van der Waals surface area (Å²) >= 11 is 1.57.